The van der Waals surface area contributed by atoms with Gasteiger partial charge in [0.2, 0.25) is 0 Å². The van der Waals surface area contributed by atoms with Crippen molar-refractivity contribution in [1.82, 2.24) is 20.5 Å². The van der Waals surface area contributed by atoms with Crippen LogP contribution in [0.1, 0.15) is 41.5 Å². The molecule has 0 atom stereocenters. The molecule has 5 heteroatoms. The van der Waals surface area contributed by atoms with E-state index in [-0.39, 0.29) is 5.91 Å². The molecule has 0 fully saturated rings. The lowest BCUT2D eigenvalue weighted by Crippen LogP contribution is -2.26. The maximum absolute atomic E-state index is 12.1. The predicted octanol–water partition coefficient (Wildman–Crippen LogP) is 3.05. The monoisotopic (exact) mass is 308 g/mol. The van der Waals surface area contributed by atoms with E-state index in [2.05, 4.69) is 40.4 Å². The van der Waals surface area contributed by atoms with Gasteiger partial charge in [-0.15, -0.1) is 0 Å². The number of nitrogens with zero attached hydrogens (tertiary/aromatic N) is 2. The van der Waals surface area contributed by atoms with Gasteiger partial charge in [-0.1, -0.05) is 32.0 Å². The smallest absolute Gasteiger partial charge is 0.271 e. The van der Waals surface area contributed by atoms with Crippen molar-refractivity contribution in [3.63, 3.8) is 0 Å². The van der Waals surface area contributed by atoms with E-state index in [9.17, 15) is 4.79 Å². The van der Waals surface area contributed by atoms with Gasteiger partial charge in [0.25, 0.3) is 5.91 Å². The maximum Gasteiger partial charge on any atom is 0.271 e. The molecule has 0 saturated heterocycles. The van der Waals surface area contributed by atoms with Crippen LogP contribution in [-0.4, -0.2) is 27.6 Å². The van der Waals surface area contributed by atoms with Gasteiger partial charge in [0.1, 0.15) is 5.69 Å². The third kappa shape index (κ3) is 3.56. The molecule has 0 spiro atoms. The van der Waals surface area contributed by atoms with E-state index >= 15 is 0 Å². The van der Waals surface area contributed by atoms with Gasteiger partial charge in [0.15, 0.2) is 0 Å². The predicted molar refractivity (Wildman–Crippen MR) is 90.5 cm³/mol. The quantitative estimate of drug-likeness (QED) is 0.761. The zero-order chi connectivity index (χ0) is 16.2. The summed E-state index contributed by atoms with van der Waals surface area (Å²) in [4.78, 5) is 16.5. The van der Waals surface area contributed by atoms with Crippen molar-refractivity contribution < 1.29 is 4.79 Å². The zero-order valence-electron chi connectivity index (χ0n) is 13.3. The minimum Gasteiger partial charge on any atom is -0.350 e. The fourth-order valence-corrected chi connectivity index (χ4v) is 2.41. The van der Waals surface area contributed by atoms with Crippen LogP contribution in [0.3, 0.4) is 0 Å². The minimum atomic E-state index is -0.151. The van der Waals surface area contributed by atoms with Crippen LogP contribution < -0.4 is 5.32 Å². The first-order valence-corrected chi connectivity index (χ1v) is 7.80. The van der Waals surface area contributed by atoms with Crippen LogP contribution in [0.4, 0.5) is 0 Å². The summed E-state index contributed by atoms with van der Waals surface area (Å²) in [6.45, 7) is 4.67. The summed E-state index contributed by atoms with van der Waals surface area (Å²) in [5.41, 5.74) is 3.49. The second-order valence-electron chi connectivity index (χ2n) is 5.91. The number of carbonyl (C=O) groups is 1. The van der Waals surface area contributed by atoms with Crippen LogP contribution in [0, 0.1) is 0 Å². The normalized spacial score (nSPS) is 11.1. The molecule has 0 bridgehead atoms. The number of H-pyrrole nitrogens is 1. The summed E-state index contributed by atoms with van der Waals surface area (Å²) in [6.07, 6.45) is 2.60. The standard InChI is InChI=1S/C18H20N4O/c1-12(2)16-10-17(22-21-16)18(23)19-8-7-13-9-14-5-3-4-6-15(14)20-11-13/h3-6,9-12H,7-8H2,1-2H3,(H,19,23)(H,21,22). The highest BCUT2D eigenvalue weighted by Gasteiger charge is 2.11. The maximum atomic E-state index is 12.1. The molecule has 0 saturated carbocycles. The Morgan fingerprint density at radius 3 is 2.87 bits per heavy atom. The highest BCUT2D eigenvalue weighted by Crippen LogP contribution is 2.13. The second kappa shape index (κ2) is 6.60. The number of fused-ring (bicyclic) bond motifs is 1. The molecule has 118 valence electrons. The number of carbonyl (C=O) groups excluding carboxylic acids is 1. The van der Waals surface area contributed by atoms with E-state index in [0.29, 0.717) is 18.2 Å². The molecule has 0 aliphatic rings. The van der Waals surface area contributed by atoms with Crippen molar-refractivity contribution in [3.8, 4) is 0 Å². The summed E-state index contributed by atoms with van der Waals surface area (Å²) >= 11 is 0. The number of pyridine rings is 1. The Hall–Kier alpha value is -2.69. The molecule has 0 aliphatic heterocycles. The first kappa shape index (κ1) is 15.2. The third-order valence-electron chi connectivity index (χ3n) is 3.80. The SMILES string of the molecule is CC(C)c1cc(C(=O)NCCc2cnc3ccccc3c2)n[nH]1. The Bertz CT molecular complexity index is 823. The topological polar surface area (TPSA) is 70.7 Å². The van der Waals surface area contributed by atoms with Gasteiger partial charge in [0, 0.05) is 23.8 Å². The second-order valence-corrected chi connectivity index (χ2v) is 5.91. The molecule has 3 rings (SSSR count). The number of aromatic nitrogens is 3. The van der Waals surface area contributed by atoms with Gasteiger partial charge in [-0.3, -0.25) is 14.9 Å². The van der Waals surface area contributed by atoms with Gasteiger partial charge >= 0.3 is 0 Å². The Morgan fingerprint density at radius 2 is 2.09 bits per heavy atom. The Kier molecular flexibility index (Phi) is 4.37. The number of nitrogens with one attached hydrogen (secondary N) is 2. The zero-order valence-corrected chi connectivity index (χ0v) is 13.3. The number of rotatable bonds is 5. The molecule has 2 heterocycles. The van der Waals surface area contributed by atoms with E-state index in [4.69, 9.17) is 0 Å². The summed E-state index contributed by atoms with van der Waals surface area (Å²) in [5.74, 6) is 0.176. The van der Waals surface area contributed by atoms with Gasteiger partial charge in [-0.25, -0.2) is 0 Å². The molecule has 1 amide bonds. The largest absolute Gasteiger partial charge is 0.350 e. The van der Waals surface area contributed by atoms with E-state index in [1.165, 1.54) is 0 Å². The average Bonchev–Trinajstić information content (AvgIpc) is 3.05. The van der Waals surface area contributed by atoms with Crippen LogP contribution >= 0.6 is 0 Å². The lowest BCUT2D eigenvalue weighted by atomic mass is 10.1. The molecule has 0 aliphatic carbocycles. The lowest BCUT2D eigenvalue weighted by molar-refractivity contribution is 0.0949. The van der Waals surface area contributed by atoms with E-state index in [1.807, 2.05) is 30.5 Å². The first-order chi connectivity index (χ1) is 11.1. The molecular formula is C18H20N4O. The Balaban J connectivity index is 1.58. The summed E-state index contributed by atoms with van der Waals surface area (Å²) in [5, 5.41) is 11.0. The number of para-hydroxylation sites is 1. The fourth-order valence-electron chi connectivity index (χ4n) is 2.41. The van der Waals surface area contributed by atoms with Crippen molar-refractivity contribution in [2.24, 2.45) is 0 Å². The fraction of sp³-hybridized carbons (Fsp3) is 0.278. The van der Waals surface area contributed by atoms with Crippen molar-refractivity contribution >= 4 is 16.8 Å². The van der Waals surface area contributed by atoms with E-state index in [0.717, 1.165) is 28.6 Å². The first-order valence-electron chi connectivity index (χ1n) is 7.80. The molecule has 2 N–H and O–H groups in total. The molecule has 0 radical (unpaired) electrons. The van der Waals surface area contributed by atoms with Crippen LogP contribution in [0.15, 0.2) is 42.6 Å². The minimum absolute atomic E-state index is 0.151. The molecule has 0 unspecified atom stereocenters. The van der Waals surface area contributed by atoms with Gasteiger partial charge in [-0.05, 0) is 36.1 Å². The number of amides is 1. The van der Waals surface area contributed by atoms with Gasteiger partial charge < -0.3 is 5.32 Å². The van der Waals surface area contributed by atoms with Crippen molar-refractivity contribution in [2.45, 2.75) is 26.2 Å². The van der Waals surface area contributed by atoms with Crippen LogP contribution in [0.2, 0.25) is 0 Å². The van der Waals surface area contributed by atoms with Crippen LogP contribution in [0.5, 0.6) is 0 Å². The third-order valence-corrected chi connectivity index (χ3v) is 3.80. The summed E-state index contributed by atoms with van der Waals surface area (Å²) in [6, 6.07) is 11.9. The van der Waals surface area contributed by atoms with E-state index in [1.54, 1.807) is 6.07 Å². The number of benzene rings is 1. The van der Waals surface area contributed by atoms with Crippen molar-refractivity contribution in [3.05, 3.63) is 59.5 Å². The van der Waals surface area contributed by atoms with Crippen LogP contribution in [-0.2, 0) is 6.42 Å². The summed E-state index contributed by atoms with van der Waals surface area (Å²) in [7, 11) is 0. The van der Waals surface area contributed by atoms with Gasteiger partial charge in [-0.2, -0.15) is 5.10 Å². The molecule has 2 aromatic heterocycles. The molecule has 23 heavy (non-hydrogen) atoms. The number of hydrogen-bond acceptors (Lipinski definition) is 3. The average molecular weight is 308 g/mol. The highest BCUT2D eigenvalue weighted by molar-refractivity contribution is 5.92. The van der Waals surface area contributed by atoms with Gasteiger partial charge in [0.05, 0.1) is 5.52 Å². The van der Waals surface area contributed by atoms with E-state index < -0.39 is 0 Å². The summed E-state index contributed by atoms with van der Waals surface area (Å²) < 4.78 is 0. The number of aromatic amines is 1. The molecule has 5 nitrogen and oxygen atoms in total. The molecule has 3 aromatic rings. The van der Waals surface area contributed by atoms with Crippen LogP contribution in [0.25, 0.3) is 10.9 Å². The Labute approximate surface area is 135 Å². The lowest BCUT2D eigenvalue weighted by Gasteiger charge is -2.04. The van der Waals surface area contributed by atoms with Crippen molar-refractivity contribution in [1.29, 1.82) is 0 Å². The highest BCUT2D eigenvalue weighted by atomic mass is 16.1. The molecular weight excluding hydrogens is 288 g/mol. The van der Waals surface area contributed by atoms with Crippen molar-refractivity contribution in [2.75, 3.05) is 6.54 Å². The molecule has 1 aromatic carbocycles. The Morgan fingerprint density at radius 1 is 1.26 bits per heavy atom. The number of hydrogen-bond donors (Lipinski definition) is 2.